The zero-order valence-corrected chi connectivity index (χ0v) is 18.7. The van der Waals surface area contributed by atoms with E-state index in [1.807, 2.05) is 30.3 Å². The van der Waals surface area contributed by atoms with Crippen LogP contribution in [-0.4, -0.2) is 42.3 Å². The van der Waals surface area contributed by atoms with E-state index in [4.69, 9.17) is 9.26 Å². The molecule has 0 radical (unpaired) electrons. The van der Waals surface area contributed by atoms with Gasteiger partial charge in [-0.25, -0.2) is 0 Å². The van der Waals surface area contributed by atoms with Gasteiger partial charge in [0.2, 0.25) is 11.7 Å². The van der Waals surface area contributed by atoms with Crippen molar-refractivity contribution in [2.24, 2.45) is 5.92 Å². The Morgan fingerprint density at radius 2 is 1.88 bits per heavy atom. The van der Waals surface area contributed by atoms with Crippen LogP contribution >= 0.6 is 0 Å². The smallest absolute Gasteiger partial charge is 0.324 e. The Bertz CT molecular complexity index is 996. The lowest BCUT2D eigenvalue weighted by Crippen LogP contribution is -2.43. The highest BCUT2D eigenvalue weighted by Gasteiger charge is 2.28. The summed E-state index contributed by atoms with van der Waals surface area (Å²) in [5.74, 6) is 1.51. The molecular formula is C25H30N4O3. The molecule has 2 heterocycles. The Labute approximate surface area is 188 Å². The number of ether oxygens (including phenoxy) is 1. The van der Waals surface area contributed by atoms with Gasteiger partial charge in [0.1, 0.15) is 5.75 Å². The van der Waals surface area contributed by atoms with Gasteiger partial charge in [0.05, 0.1) is 7.11 Å². The summed E-state index contributed by atoms with van der Waals surface area (Å²) in [5.41, 5.74) is 2.18. The van der Waals surface area contributed by atoms with Gasteiger partial charge in [-0.2, -0.15) is 4.98 Å². The molecule has 4 rings (SSSR count). The molecule has 1 fully saturated rings. The maximum atomic E-state index is 12.7. The van der Waals surface area contributed by atoms with Crippen LogP contribution in [0.2, 0.25) is 0 Å². The third-order valence-corrected chi connectivity index (χ3v) is 6.00. The Morgan fingerprint density at radius 1 is 1.16 bits per heavy atom. The van der Waals surface area contributed by atoms with Crippen molar-refractivity contribution < 1.29 is 14.1 Å². The van der Waals surface area contributed by atoms with Crippen LogP contribution in [0.1, 0.15) is 31.7 Å². The monoisotopic (exact) mass is 434 g/mol. The van der Waals surface area contributed by atoms with Crippen LogP contribution in [0.3, 0.4) is 0 Å². The number of aromatic nitrogens is 2. The number of rotatable bonds is 8. The molecule has 0 unspecified atom stereocenters. The van der Waals surface area contributed by atoms with Crippen LogP contribution < -0.4 is 15.0 Å². The minimum atomic E-state index is 0.0226. The molecule has 1 aliphatic rings. The van der Waals surface area contributed by atoms with Crippen molar-refractivity contribution in [1.82, 2.24) is 15.5 Å². The molecule has 7 heteroatoms. The zero-order chi connectivity index (χ0) is 22.3. The number of benzene rings is 2. The number of piperidine rings is 1. The number of aryl methyl sites for hydroxylation is 1. The van der Waals surface area contributed by atoms with Gasteiger partial charge < -0.3 is 19.5 Å². The highest BCUT2D eigenvalue weighted by molar-refractivity contribution is 5.79. The van der Waals surface area contributed by atoms with Gasteiger partial charge in [-0.3, -0.25) is 4.79 Å². The molecule has 0 saturated carbocycles. The van der Waals surface area contributed by atoms with E-state index in [0.717, 1.165) is 50.1 Å². The molecule has 1 N–H and O–H groups in total. The number of carbonyl (C=O) groups excluding carboxylic acids is 1. The van der Waals surface area contributed by atoms with Crippen molar-refractivity contribution >= 4 is 11.9 Å². The highest BCUT2D eigenvalue weighted by Crippen LogP contribution is 2.26. The summed E-state index contributed by atoms with van der Waals surface area (Å²) < 4.78 is 10.7. The van der Waals surface area contributed by atoms with E-state index in [2.05, 4.69) is 51.5 Å². The second-order valence-electron chi connectivity index (χ2n) is 8.32. The van der Waals surface area contributed by atoms with Crippen molar-refractivity contribution in [3.63, 3.8) is 0 Å². The normalized spacial score (nSPS) is 15.4. The first-order chi connectivity index (χ1) is 15.6. The number of methoxy groups -OCH3 is 1. The molecule has 1 aromatic heterocycles. The fourth-order valence-electron chi connectivity index (χ4n) is 3.99. The van der Waals surface area contributed by atoms with E-state index in [1.54, 1.807) is 7.11 Å². The fraction of sp³-hybridized carbons (Fsp3) is 0.400. The minimum Gasteiger partial charge on any atom is -0.497 e. The SMILES string of the molecule is COc1ccc(-c2noc(N3CCC(C(=O)N[C@H](C)CCc4ccccc4)CC3)n2)cc1. The Morgan fingerprint density at radius 3 is 2.56 bits per heavy atom. The molecule has 1 amide bonds. The van der Waals surface area contributed by atoms with Crippen molar-refractivity contribution in [1.29, 1.82) is 0 Å². The first kappa shape index (κ1) is 21.9. The predicted molar refractivity (Wildman–Crippen MR) is 124 cm³/mol. The minimum absolute atomic E-state index is 0.0226. The zero-order valence-electron chi connectivity index (χ0n) is 18.7. The van der Waals surface area contributed by atoms with Gasteiger partial charge in [-0.1, -0.05) is 35.5 Å². The van der Waals surface area contributed by atoms with Gasteiger partial charge in [-0.15, -0.1) is 0 Å². The number of carbonyl (C=O) groups is 1. The Kier molecular flexibility index (Phi) is 7.04. The molecule has 0 aliphatic carbocycles. The second kappa shape index (κ2) is 10.3. The molecule has 1 saturated heterocycles. The number of anilines is 1. The lowest BCUT2D eigenvalue weighted by atomic mass is 9.95. The van der Waals surface area contributed by atoms with Crippen LogP contribution in [0.5, 0.6) is 5.75 Å². The van der Waals surface area contributed by atoms with Gasteiger partial charge in [0.25, 0.3) is 0 Å². The molecular weight excluding hydrogens is 404 g/mol. The van der Waals surface area contributed by atoms with Crippen LogP contribution in [0.15, 0.2) is 59.1 Å². The van der Waals surface area contributed by atoms with Crippen molar-refractivity contribution in [3.05, 3.63) is 60.2 Å². The first-order valence-electron chi connectivity index (χ1n) is 11.2. The summed E-state index contributed by atoms with van der Waals surface area (Å²) in [7, 11) is 1.64. The Hall–Kier alpha value is -3.35. The summed E-state index contributed by atoms with van der Waals surface area (Å²) in [6.07, 6.45) is 3.45. The van der Waals surface area contributed by atoms with Crippen LogP contribution in [0.25, 0.3) is 11.4 Å². The third kappa shape index (κ3) is 5.46. The van der Waals surface area contributed by atoms with Crippen LogP contribution in [0.4, 0.5) is 6.01 Å². The van der Waals surface area contributed by atoms with Crippen molar-refractivity contribution in [2.45, 2.75) is 38.6 Å². The number of amides is 1. The summed E-state index contributed by atoms with van der Waals surface area (Å²) >= 11 is 0. The van der Waals surface area contributed by atoms with Gasteiger partial charge in [0, 0.05) is 30.6 Å². The molecule has 7 nitrogen and oxygen atoms in total. The summed E-state index contributed by atoms with van der Waals surface area (Å²) in [6.45, 7) is 3.52. The lowest BCUT2D eigenvalue weighted by Gasteiger charge is -2.30. The third-order valence-electron chi connectivity index (χ3n) is 6.00. The largest absolute Gasteiger partial charge is 0.497 e. The van der Waals surface area contributed by atoms with Crippen molar-refractivity contribution in [3.8, 4) is 17.1 Å². The first-order valence-corrected chi connectivity index (χ1v) is 11.2. The fourth-order valence-corrected chi connectivity index (χ4v) is 3.99. The second-order valence-corrected chi connectivity index (χ2v) is 8.32. The molecule has 32 heavy (non-hydrogen) atoms. The quantitative estimate of drug-likeness (QED) is 0.575. The summed E-state index contributed by atoms with van der Waals surface area (Å²) in [4.78, 5) is 19.3. The van der Waals surface area contributed by atoms with Crippen molar-refractivity contribution in [2.75, 3.05) is 25.1 Å². The van der Waals surface area contributed by atoms with E-state index in [0.29, 0.717) is 11.8 Å². The van der Waals surface area contributed by atoms with Gasteiger partial charge >= 0.3 is 6.01 Å². The van der Waals surface area contributed by atoms with E-state index >= 15 is 0 Å². The van der Waals surface area contributed by atoms with Crippen LogP contribution in [0, 0.1) is 5.92 Å². The van der Waals surface area contributed by atoms with E-state index in [9.17, 15) is 4.79 Å². The summed E-state index contributed by atoms with van der Waals surface area (Å²) in [5, 5.41) is 7.30. The maximum absolute atomic E-state index is 12.7. The molecule has 1 atom stereocenters. The molecule has 1 aliphatic heterocycles. The molecule has 3 aromatic rings. The molecule has 2 aromatic carbocycles. The van der Waals surface area contributed by atoms with E-state index in [1.165, 1.54) is 5.56 Å². The molecule has 0 bridgehead atoms. The van der Waals surface area contributed by atoms with Gasteiger partial charge in [0.15, 0.2) is 0 Å². The average Bonchev–Trinajstić information content (AvgIpc) is 3.34. The molecule has 0 spiro atoms. The van der Waals surface area contributed by atoms with E-state index < -0.39 is 0 Å². The standard InChI is InChI=1S/C25H30N4O3/c1-18(8-9-19-6-4-3-5-7-19)26-24(30)21-14-16-29(17-15-21)25-27-23(28-32-25)20-10-12-22(31-2)13-11-20/h3-7,10-13,18,21H,8-9,14-17H2,1-2H3,(H,26,30)/t18-/m1/s1. The number of nitrogens with zero attached hydrogens (tertiary/aromatic N) is 3. The predicted octanol–water partition coefficient (Wildman–Crippen LogP) is 4.10. The number of nitrogens with one attached hydrogen (secondary N) is 1. The number of hydrogen-bond acceptors (Lipinski definition) is 6. The highest BCUT2D eigenvalue weighted by atomic mass is 16.5. The number of hydrogen-bond donors (Lipinski definition) is 1. The van der Waals surface area contributed by atoms with Gasteiger partial charge in [-0.05, 0) is 62.4 Å². The maximum Gasteiger partial charge on any atom is 0.324 e. The average molecular weight is 435 g/mol. The topological polar surface area (TPSA) is 80.5 Å². The summed E-state index contributed by atoms with van der Waals surface area (Å²) in [6, 6.07) is 18.6. The Balaban J connectivity index is 1.24. The molecule has 168 valence electrons. The van der Waals surface area contributed by atoms with Crippen LogP contribution in [-0.2, 0) is 11.2 Å². The lowest BCUT2D eigenvalue weighted by molar-refractivity contribution is -0.126. The van der Waals surface area contributed by atoms with E-state index in [-0.39, 0.29) is 17.9 Å².